The number of ether oxygens (including phenoxy) is 2. The number of benzene rings is 2. The molecule has 3 N–H and O–H groups in total. The van der Waals surface area contributed by atoms with Gasteiger partial charge in [-0.05, 0) is 73.2 Å². The average molecular weight is 426 g/mol. The van der Waals surface area contributed by atoms with Crippen molar-refractivity contribution < 1.29 is 19.1 Å². The molecule has 0 radical (unpaired) electrons. The predicted octanol–water partition coefficient (Wildman–Crippen LogP) is 4.44. The first-order valence-electron chi connectivity index (χ1n) is 10.7. The Morgan fingerprint density at radius 1 is 1.10 bits per heavy atom. The van der Waals surface area contributed by atoms with Crippen molar-refractivity contribution >= 4 is 23.3 Å². The van der Waals surface area contributed by atoms with Gasteiger partial charge in [0, 0.05) is 24.5 Å². The van der Waals surface area contributed by atoms with E-state index in [2.05, 4.69) is 29.8 Å². The van der Waals surface area contributed by atoms with Crippen LogP contribution in [0, 0.1) is 6.92 Å². The van der Waals surface area contributed by atoms with E-state index in [-0.39, 0.29) is 24.6 Å². The molecule has 0 bridgehead atoms. The first-order valence-corrected chi connectivity index (χ1v) is 10.7. The number of rotatable bonds is 8. The minimum absolute atomic E-state index is 0.0773. The number of hydrogen-bond acceptors (Lipinski definition) is 4. The molecule has 1 unspecified atom stereocenters. The zero-order valence-electron chi connectivity index (χ0n) is 18.4. The smallest absolute Gasteiger partial charge is 0.319 e. The first-order chi connectivity index (χ1) is 14.9. The molecule has 7 nitrogen and oxygen atoms in total. The van der Waals surface area contributed by atoms with Crippen LogP contribution in [0.15, 0.2) is 42.5 Å². The maximum Gasteiger partial charge on any atom is 0.319 e. The van der Waals surface area contributed by atoms with E-state index >= 15 is 0 Å². The van der Waals surface area contributed by atoms with Crippen molar-refractivity contribution in [3.05, 3.63) is 53.6 Å². The van der Waals surface area contributed by atoms with E-state index in [1.807, 2.05) is 25.1 Å². The standard InChI is InChI=1S/C24H31N3O4/c1-16(2)22-11-10-20(13-17(22)3)31-15-23(28)26-18-6-8-19(9-7-18)27-24(29)25-14-21-5-4-12-30-21/h6-11,13,16,21H,4-5,12,14-15H2,1-3H3,(H,26,28)(H2,25,27,29). The predicted molar refractivity (Wildman–Crippen MR) is 122 cm³/mol. The van der Waals surface area contributed by atoms with E-state index in [0.29, 0.717) is 29.6 Å². The lowest BCUT2D eigenvalue weighted by Gasteiger charge is -2.13. The molecule has 7 heteroatoms. The average Bonchev–Trinajstić information content (AvgIpc) is 3.26. The molecule has 0 aliphatic carbocycles. The van der Waals surface area contributed by atoms with Gasteiger partial charge in [-0.1, -0.05) is 19.9 Å². The second-order valence-corrected chi connectivity index (χ2v) is 8.06. The Morgan fingerprint density at radius 3 is 2.42 bits per heavy atom. The van der Waals surface area contributed by atoms with Crippen molar-refractivity contribution in [1.82, 2.24) is 5.32 Å². The fourth-order valence-corrected chi connectivity index (χ4v) is 3.56. The lowest BCUT2D eigenvalue weighted by Crippen LogP contribution is -2.35. The van der Waals surface area contributed by atoms with Gasteiger partial charge in [0.2, 0.25) is 0 Å². The lowest BCUT2D eigenvalue weighted by molar-refractivity contribution is -0.118. The molecular formula is C24H31N3O4. The number of carbonyl (C=O) groups is 2. The third kappa shape index (κ3) is 7.00. The minimum Gasteiger partial charge on any atom is -0.484 e. The van der Waals surface area contributed by atoms with Gasteiger partial charge >= 0.3 is 6.03 Å². The summed E-state index contributed by atoms with van der Waals surface area (Å²) in [5, 5.41) is 8.36. The van der Waals surface area contributed by atoms with Crippen LogP contribution in [0.2, 0.25) is 0 Å². The molecule has 2 aromatic carbocycles. The van der Waals surface area contributed by atoms with Crippen molar-refractivity contribution in [1.29, 1.82) is 0 Å². The third-order valence-electron chi connectivity index (χ3n) is 5.17. The van der Waals surface area contributed by atoms with Crippen LogP contribution in [0.4, 0.5) is 16.2 Å². The lowest BCUT2D eigenvalue weighted by atomic mass is 9.98. The Labute approximate surface area is 183 Å². The van der Waals surface area contributed by atoms with Gasteiger partial charge < -0.3 is 25.4 Å². The van der Waals surface area contributed by atoms with E-state index in [1.54, 1.807) is 24.3 Å². The maximum absolute atomic E-state index is 12.2. The summed E-state index contributed by atoms with van der Waals surface area (Å²) in [6, 6.07) is 12.5. The highest BCUT2D eigenvalue weighted by Crippen LogP contribution is 2.23. The van der Waals surface area contributed by atoms with E-state index in [1.165, 1.54) is 5.56 Å². The summed E-state index contributed by atoms with van der Waals surface area (Å²) >= 11 is 0. The van der Waals surface area contributed by atoms with E-state index < -0.39 is 0 Å². The highest BCUT2D eigenvalue weighted by molar-refractivity contribution is 5.93. The number of aryl methyl sites for hydroxylation is 1. The Kier molecular flexibility index (Phi) is 7.89. The Morgan fingerprint density at radius 2 is 1.81 bits per heavy atom. The Hall–Kier alpha value is -3.06. The van der Waals surface area contributed by atoms with Crippen LogP contribution < -0.4 is 20.7 Å². The minimum atomic E-state index is -0.278. The molecule has 3 amide bonds. The molecule has 3 rings (SSSR count). The fourth-order valence-electron chi connectivity index (χ4n) is 3.56. The number of anilines is 2. The summed E-state index contributed by atoms with van der Waals surface area (Å²) in [5.74, 6) is 0.869. The number of urea groups is 1. The molecule has 2 aromatic rings. The Balaban J connectivity index is 1.42. The van der Waals surface area contributed by atoms with Crippen molar-refractivity contribution in [3.63, 3.8) is 0 Å². The molecule has 1 aliphatic rings. The van der Waals surface area contributed by atoms with Crippen LogP contribution in [0.3, 0.4) is 0 Å². The number of carbonyl (C=O) groups excluding carboxylic acids is 2. The molecule has 1 fully saturated rings. The van der Waals surface area contributed by atoms with Gasteiger partial charge in [-0.25, -0.2) is 4.79 Å². The number of hydrogen-bond donors (Lipinski definition) is 3. The summed E-state index contributed by atoms with van der Waals surface area (Å²) in [6.45, 7) is 7.52. The molecule has 1 atom stereocenters. The second kappa shape index (κ2) is 10.8. The molecule has 1 aliphatic heterocycles. The van der Waals surface area contributed by atoms with Crippen molar-refractivity contribution in [2.45, 2.75) is 45.6 Å². The van der Waals surface area contributed by atoms with Gasteiger partial charge in [0.25, 0.3) is 5.91 Å². The van der Waals surface area contributed by atoms with Gasteiger partial charge in [0.05, 0.1) is 6.10 Å². The molecule has 31 heavy (non-hydrogen) atoms. The van der Waals surface area contributed by atoms with E-state index in [0.717, 1.165) is 25.0 Å². The van der Waals surface area contributed by atoms with Gasteiger partial charge in [-0.2, -0.15) is 0 Å². The van der Waals surface area contributed by atoms with Gasteiger partial charge in [0.1, 0.15) is 5.75 Å². The highest BCUT2D eigenvalue weighted by atomic mass is 16.5. The fraction of sp³-hybridized carbons (Fsp3) is 0.417. The van der Waals surface area contributed by atoms with Crippen molar-refractivity contribution in [2.24, 2.45) is 0 Å². The SMILES string of the molecule is Cc1cc(OCC(=O)Nc2ccc(NC(=O)NCC3CCCO3)cc2)ccc1C(C)C. The van der Waals surface area contributed by atoms with Crippen molar-refractivity contribution in [2.75, 3.05) is 30.4 Å². The van der Waals surface area contributed by atoms with Gasteiger partial charge in [-0.15, -0.1) is 0 Å². The van der Waals surface area contributed by atoms with Gasteiger partial charge in [0.15, 0.2) is 6.61 Å². The summed E-state index contributed by atoms with van der Waals surface area (Å²) in [5.41, 5.74) is 3.69. The molecule has 0 spiro atoms. The third-order valence-corrected chi connectivity index (χ3v) is 5.17. The largest absolute Gasteiger partial charge is 0.484 e. The van der Waals surface area contributed by atoms with Crippen LogP contribution in [0.25, 0.3) is 0 Å². The molecule has 0 saturated carbocycles. The molecule has 1 saturated heterocycles. The first kappa shape index (κ1) is 22.6. The highest BCUT2D eigenvalue weighted by Gasteiger charge is 2.16. The molecule has 1 heterocycles. The Bertz CT molecular complexity index is 890. The zero-order chi connectivity index (χ0) is 22.2. The summed E-state index contributed by atoms with van der Waals surface area (Å²) in [6.07, 6.45) is 2.11. The maximum atomic E-state index is 12.2. The number of nitrogens with one attached hydrogen (secondary N) is 3. The van der Waals surface area contributed by atoms with E-state index in [4.69, 9.17) is 9.47 Å². The molecule has 166 valence electrons. The van der Waals surface area contributed by atoms with Crippen molar-refractivity contribution in [3.8, 4) is 5.75 Å². The number of amides is 3. The zero-order valence-corrected chi connectivity index (χ0v) is 18.4. The monoisotopic (exact) mass is 425 g/mol. The molecular weight excluding hydrogens is 394 g/mol. The van der Waals surface area contributed by atoms with Crippen LogP contribution in [-0.4, -0.2) is 37.8 Å². The topological polar surface area (TPSA) is 88.7 Å². The van der Waals surface area contributed by atoms with Crippen LogP contribution in [0.5, 0.6) is 5.75 Å². The van der Waals surface area contributed by atoms with Crippen LogP contribution in [0.1, 0.15) is 43.7 Å². The summed E-state index contributed by atoms with van der Waals surface area (Å²) in [4.78, 5) is 24.2. The summed E-state index contributed by atoms with van der Waals surface area (Å²) < 4.78 is 11.1. The van der Waals surface area contributed by atoms with Crippen LogP contribution in [-0.2, 0) is 9.53 Å². The summed E-state index contributed by atoms with van der Waals surface area (Å²) in [7, 11) is 0. The normalized spacial score (nSPS) is 15.5. The second-order valence-electron chi connectivity index (χ2n) is 8.06. The van der Waals surface area contributed by atoms with Crippen LogP contribution >= 0.6 is 0 Å². The van der Waals surface area contributed by atoms with E-state index in [9.17, 15) is 9.59 Å². The molecule has 0 aromatic heterocycles. The quantitative estimate of drug-likeness (QED) is 0.584. The van der Waals surface area contributed by atoms with Gasteiger partial charge in [-0.3, -0.25) is 4.79 Å².